The second kappa shape index (κ2) is 9.61. The predicted octanol–water partition coefficient (Wildman–Crippen LogP) is 4.01. The van der Waals surface area contributed by atoms with Crippen molar-refractivity contribution < 1.29 is 13.2 Å². The van der Waals surface area contributed by atoms with Crippen molar-refractivity contribution in [2.24, 2.45) is 0 Å². The number of aryl methyl sites for hydroxylation is 1. The Balaban J connectivity index is 1.69. The van der Waals surface area contributed by atoms with Crippen LogP contribution in [0.3, 0.4) is 0 Å². The van der Waals surface area contributed by atoms with Gasteiger partial charge in [0.05, 0.1) is 22.5 Å². The molecule has 1 saturated heterocycles. The fraction of sp³-hybridized carbons (Fsp3) is 0.458. The summed E-state index contributed by atoms with van der Waals surface area (Å²) in [4.78, 5) is 24.1. The number of aromatic nitrogens is 3. The Morgan fingerprint density at radius 3 is 2.35 bits per heavy atom. The number of nitrogens with zero attached hydrogens (tertiary/aromatic N) is 5. The highest BCUT2D eigenvalue weighted by atomic mass is 19.3. The van der Waals surface area contributed by atoms with Gasteiger partial charge in [0.1, 0.15) is 17.5 Å². The highest BCUT2D eigenvalue weighted by molar-refractivity contribution is 5.88. The second-order valence-corrected chi connectivity index (χ2v) is 8.88. The van der Waals surface area contributed by atoms with Gasteiger partial charge in [-0.2, -0.15) is 0 Å². The molecule has 1 atom stereocenters. The molecule has 34 heavy (non-hydrogen) atoms. The SMILES string of the molecule is Cc1nc(NC(C)c2cccc(C(F)F)c2F)c2cn(N3CCN(C(C)C)CC3)c(=O)cc2n1. The van der Waals surface area contributed by atoms with Crippen LogP contribution in [0.25, 0.3) is 10.9 Å². The van der Waals surface area contributed by atoms with Crippen LogP contribution in [0.15, 0.2) is 35.3 Å². The van der Waals surface area contributed by atoms with E-state index in [0.29, 0.717) is 41.7 Å². The molecule has 1 aliphatic rings. The van der Waals surface area contributed by atoms with E-state index in [4.69, 9.17) is 0 Å². The fourth-order valence-electron chi connectivity index (χ4n) is 4.34. The minimum Gasteiger partial charge on any atom is -0.363 e. The van der Waals surface area contributed by atoms with Gasteiger partial charge in [0, 0.05) is 50.0 Å². The minimum absolute atomic E-state index is 0.111. The van der Waals surface area contributed by atoms with Crippen LogP contribution >= 0.6 is 0 Å². The van der Waals surface area contributed by atoms with Crippen LogP contribution in [0.1, 0.15) is 50.2 Å². The third-order valence-electron chi connectivity index (χ3n) is 6.26. The zero-order chi connectivity index (χ0) is 24.6. The summed E-state index contributed by atoms with van der Waals surface area (Å²) in [5.41, 5.74) is -0.256. The van der Waals surface area contributed by atoms with Gasteiger partial charge in [-0.05, 0) is 27.7 Å². The van der Waals surface area contributed by atoms with Gasteiger partial charge in [-0.15, -0.1) is 0 Å². The van der Waals surface area contributed by atoms with Crippen LogP contribution in [0.2, 0.25) is 0 Å². The molecule has 1 N–H and O–H groups in total. The summed E-state index contributed by atoms with van der Waals surface area (Å²) in [6.45, 7) is 10.8. The largest absolute Gasteiger partial charge is 0.363 e. The van der Waals surface area contributed by atoms with Gasteiger partial charge in [0.2, 0.25) is 0 Å². The number of alkyl halides is 2. The number of hydrogen-bond donors (Lipinski definition) is 1. The first kappa shape index (κ1) is 24.0. The Kier molecular flexibility index (Phi) is 6.79. The molecular formula is C24H29F3N6O. The zero-order valence-electron chi connectivity index (χ0n) is 19.7. The summed E-state index contributed by atoms with van der Waals surface area (Å²) in [7, 11) is 0. The first-order valence-corrected chi connectivity index (χ1v) is 11.4. The van der Waals surface area contributed by atoms with Gasteiger partial charge in [-0.3, -0.25) is 9.69 Å². The van der Waals surface area contributed by atoms with E-state index in [1.807, 2.05) is 5.01 Å². The smallest absolute Gasteiger partial charge is 0.271 e. The van der Waals surface area contributed by atoms with E-state index in [1.54, 1.807) is 24.7 Å². The normalized spacial score (nSPS) is 16.0. The number of halogens is 3. The summed E-state index contributed by atoms with van der Waals surface area (Å²) in [5, 5.41) is 5.72. The van der Waals surface area contributed by atoms with Gasteiger partial charge >= 0.3 is 0 Å². The van der Waals surface area contributed by atoms with E-state index < -0.39 is 23.8 Å². The van der Waals surface area contributed by atoms with Crippen LogP contribution in [-0.4, -0.2) is 51.8 Å². The molecule has 1 unspecified atom stereocenters. The summed E-state index contributed by atoms with van der Waals surface area (Å²) in [6.07, 6.45) is -1.21. The topological polar surface area (TPSA) is 66.3 Å². The molecule has 0 bridgehead atoms. The average Bonchev–Trinajstić information content (AvgIpc) is 2.78. The Bertz CT molecular complexity index is 1240. The van der Waals surface area contributed by atoms with Crippen LogP contribution in [0, 0.1) is 12.7 Å². The van der Waals surface area contributed by atoms with Gasteiger partial charge in [-0.25, -0.2) is 27.8 Å². The first-order valence-electron chi connectivity index (χ1n) is 11.4. The molecule has 0 amide bonds. The summed E-state index contributed by atoms with van der Waals surface area (Å²) in [6, 6.07) is 5.22. The number of hydrogen-bond acceptors (Lipinski definition) is 6. The Morgan fingerprint density at radius 1 is 1.03 bits per heavy atom. The van der Waals surface area contributed by atoms with Gasteiger partial charge in [-0.1, -0.05) is 18.2 Å². The number of piperazine rings is 1. The first-order chi connectivity index (χ1) is 16.2. The molecule has 4 rings (SSSR count). The highest BCUT2D eigenvalue weighted by Gasteiger charge is 2.22. The minimum atomic E-state index is -2.90. The molecule has 10 heteroatoms. The van der Waals surface area contributed by atoms with Crippen molar-refractivity contribution in [3.8, 4) is 0 Å². The number of fused-ring (bicyclic) bond motifs is 1. The number of pyridine rings is 1. The lowest BCUT2D eigenvalue weighted by Gasteiger charge is -2.38. The van der Waals surface area contributed by atoms with Crippen LogP contribution in [0.4, 0.5) is 19.0 Å². The molecule has 3 heterocycles. The lowest BCUT2D eigenvalue weighted by Crippen LogP contribution is -2.55. The fourth-order valence-corrected chi connectivity index (χ4v) is 4.34. The molecule has 3 aromatic rings. The number of rotatable bonds is 6. The maximum Gasteiger partial charge on any atom is 0.271 e. The number of benzene rings is 1. The molecule has 2 aromatic heterocycles. The molecule has 0 saturated carbocycles. The van der Waals surface area contributed by atoms with Crippen molar-refractivity contribution in [3.05, 3.63) is 63.6 Å². The van der Waals surface area contributed by atoms with Crippen molar-refractivity contribution in [2.75, 3.05) is 36.5 Å². The van der Waals surface area contributed by atoms with Crippen molar-refractivity contribution in [3.63, 3.8) is 0 Å². The van der Waals surface area contributed by atoms with E-state index >= 15 is 0 Å². The van der Waals surface area contributed by atoms with E-state index in [0.717, 1.165) is 19.2 Å². The molecule has 7 nitrogen and oxygen atoms in total. The molecule has 0 radical (unpaired) electrons. The molecule has 1 aliphatic heterocycles. The maximum atomic E-state index is 14.7. The van der Waals surface area contributed by atoms with E-state index in [9.17, 15) is 18.0 Å². The zero-order valence-corrected chi connectivity index (χ0v) is 19.7. The third-order valence-corrected chi connectivity index (χ3v) is 6.26. The van der Waals surface area contributed by atoms with Crippen LogP contribution < -0.4 is 15.9 Å². The van der Waals surface area contributed by atoms with Crippen molar-refractivity contribution in [1.82, 2.24) is 19.5 Å². The third kappa shape index (κ3) is 4.72. The molecular weight excluding hydrogens is 445 g/mol. The van der Waals surface area contributed by atoms with Crippen LogP contribution in [-0.2, 0) is 0 Å². The molecule has 1 aromatic carbocycles. The maximum absolute atomic E-state index is 14.7. The van der Waals surface area contributed by atoms with Crippen molar-refractivity contribution in [1.29, 1.82) is 0 Å². The van der Waals surface area contributed by atoms with E-state index in [2.05, 4.69) is 34.0 Å². The second-order valence-electron chi connectivity index (χ2n) is 8.88. The van der Waals surface area contributed by atoms with Crippen molar-refractivity contribution in [2.45, 2.75) is 46.2 Å². The highest BCUT2D eigenvalue weighted by Crippen LogP contribution is 2.30. The summed E-state index contributed by atoms with van der Waals surface area (Å²) in [5.74, 6) is -0.0920. The summed E-state index contributed by atoms with van der Waals surface area (Å²) < 4.78 is 42.6. The van der Waals surface area contributed by atoms with Crippen LogP contribution in [0.5, 0.6) is 0 Å². The van der Waals surface area contributed by atoms with Gasteiger partial charge < -0.3 is 10.3 Å². The lowest BCUT2D eigenvalue weighted by molar-refractivity contribution is 0.146. The predicted molar refractivity (Wildman–Crippen MR) is 127 cm³/mol. The average molecular weight is 475 g/mol. The van der Waals surface area contributed by atoms with E-state index in [-0.39, 0.29) is 11.1 Å². The standard InChI is InChI=1S/C24H29F3N6O/c1-14(2)31-8-10-32(11-9-31)33-13-19-20(12-21(33)34)29-16(4)30-24(19)28-15(3)17-6-5-7-18(22(17)25)23(26)27/h5-7,12-15,23H,8-11H2,1-4H3,(H,28,29,30). The van der Waals surface area contributed by atoms with Crippen molar-refractivity contribution >= 4 is 16.7 Å². The lowest BCUT2D eigenvalue weighted by atomic mass is 10.0. The Labute approximate surface area is 196 Å². The Morgan fingerprint density at radius 2 is 1.71 bits per heavy atom. The Hall–Kier alpha value is -3.14. The quantitative estimate of drug-likeness (QED) is 0.582. The number of anilines is 1. The van der Waals surface area contributed by atoms with Gasteiger partial charge in [0.15, 0.2) is 0 Å². The molecule has 0 aliphatic carbocycles. The van der Waals surface area contributed by atoms with E-state index in [1.165, 1.54) is 18.2 Å². The number of nitrogens with one attached hydrogen (secondary N) is 1. The van der Waals surface area contributed by atoms with Gasteiger partial charge in [0.25, 0.3) is 12.0 Å². The molecule has 182 valence electrons. The summed E-state index contributed by atoms with van der Waals surface area (Å²) >= 11 is 0. The molecule has 1 fully saturated rings. The monoisotopic (exact) mass is 474 g/mol. The molecule has 0 spiro atoms.